The normalized spacial score (nSPS) is 15.6. The van der Waals surface area contributed by atoms with Crippen LogP contribution < -0.4 is 10.8 Å². The van der Waals surface area contributed by atoms with Crippen LogP contribution in [0.4, 0.5) is 5.69 Å². The van der Waals surface area contributed by atoms with E-state index in [1.54, 1.807) is 24.3 Å². The molecule has 0 aliphatic carbocycles. The minimum atomic E-state index is -4.07. The molecule has 1 saturated heterocycles. The fourth-order valence-electron chi connectivity index (χ4n) is 3.46. The number of halogens is 1. The molecule has 1 unspecified atom stereocenters. The number of hydrogen-bond acceptors (Lipinski definition) is 7. The van der Waals surface area contributed by atoms with E-state index in [-0.39, 0.29) is 17.3 Å². The maximum absolute atomic E-state index is 13.4. The van der Waals surface area contributed by atoms with Gasteiger partial charge in [0.1, 0.15) is 6.04 Å². The lowest BCUT2D eigenvalue weighted by molar-refractivity contribution is -0.132. The number of carbonyl (C=O) groups excluding carboxylic acids is 2. The van der Waals surface area contributed by atoms with Gasteiger partial charge in [0.05, 0.1) is 18.1 Å². The summed E-state index contributed by atoms with van der Waals surface area (Å²) in [5.74, 6) is -1.16. The standard InChI is InChI=1S/C22H27BrN4O6S/c1-16(21(28)25-30)27(11-10-26-12-14-33-15-13-26)34(31,32)20-8-6-19(7-9-20)24-22(29)17-2-4-18(23)5-3-17/h2-9,16,30H,10-15H2,1H3,(H,24,29)(H,25,28). The van der Waals surface area contributed by atoms with Gasteiger partial charge >= 0.3 is 0 Å². The summed E-state index contributed by atoms with van der Waals surface area (Å²) in [6.07, 6.45) is 0. The fourth-order valence-corrected chi connectivity index (χ4v) is 5.31. The van der Waals surface area contributed by atoms with Crippen LogP contribution in [-0.4, -0.2) is 80.1 Å². The van der Waals surface area contributed by atoms with Crippen LogP contribution in [0.3, 0.4) is 0 Å². The maximum Gasteiger partial charge on any atom is 0.261 e. The van der Waals surface area contributed by atoms with Gasteiger partial charge in [0.15, 0.2) is 0 Å². The number of hydroxylamine groups is 1. The Morgan fingerprint density at radius 3 is 2.32 bits per heavy atom. The third-order valence-electron chi connectivity index (χ3n) is 5.49. The number of benzene rings is 2. The first kappa shape index (κ1) is 26.3. The van der Waals surface area contributed by atoms with E-state index >= 15 is 0 Å². The summed E-state index contributed by atoms with van der Waals surface area (Å²) in [5.41, 5.74) is 2.41. The molecule has 1 fully saturated rings. The summed E-state index contributed by atoms with van der Waals surface area (Å²) in [5, 5.41) is 11.8. The molecule has 1 aliphatic heterocycles. The number of anilines is 1. The number of ether oxygens (including phenoxy) is 1. The van der Waals surface area contributed by atoms with Crippen molar-refractivity contribution in [3.63, 3.8) is 0 Å². The molecule has 12 heteroatoms. The molecule has 10 nitrogen and oxygen atoms in total. The minimum absolute atomic E-state index is 0.0336. The Kier molecular flexibility index (Phi) is 9.17. The summed E-state index contributed by atoms with van der Waals surface area (Å²) >= 11 is 3.32. The van der Waals surface area contributed by atoms with Crippen molar-refractivity contribution in [2.45, 2.75) is 17.9 Å². The van der Waals surface area contributed by atoms with Gasteiger partial charge in [0, 0.05) is 41.9 Å². The molecule has 2 amide bonds. The van der Waals surface area contributed by atoms with Gasteiger partial charge in [-0.1, -0.05) is 15.9 Å². The molecule has 0 saturated carbocycles. The number of nitrogens with zero attached hydrogens (tertiary/aromatic N) is 2. The third-order valence-corrected chi connectivity index (χ3v) is 8.00. The van der Waals surface area contributed by atoms with E-state index in [1.165, 1.54) is 36.7 Å². The monoisotopic (exact) mass is 554 g/mol. The molecular weight excluding hydrogens is 528 g/mol. The Hall–Kier alpha value is -2.35. The summed E-state index contributed by atoms with van der Waals surface area (Å²) in [6, 6.07) is 11.4. The van der Waals surface area contributed by atoms with Crippen LogP contribution in [0, 0.1) is 0 Å². The van der Waals surface area contributed by atoms with Gasteiger partial charge in [-0.3, -0.25) is 19.7 Å². The zero-order valence-corrected chi connectivity index (χ0v) is 21.0. The van der Waals surface area contributed by atoms with Crippen molar-refractivity contribution in [2.24, 2.45) is 0 Å². The lowest BCUT2D eigenvalue weighted by Gasteiger charge is -2.31. The topological polar surface area (TPSA) is 128 Å². The average molecular weight is 555 g/mol. The van der Waals surface area contributed by atoms with Crippen LogP contribution >= 0.6 is 15.9 Å². The molecule has 0 spiro atoms. The molecule has 1 atom stereocenters. The third kappa shape index (κ3) is 6.62. The number of morpholine rings is 1. The molecule has 3 rings (SSSR count). The van der Waals surface area contributed by atoms with Crippen molar-refractivity contribution in [3.8, 4) is 0 Å². The first-order valence-corrected chi connectivity index (χ1v) is 12.9. The second-order valence-electron chi connectivity index (χ2n) is 7.71. The van der Waals surface area contributed by atoms with Crippen LogP contribution in [0.5, 0.6) is 0 Å². The number of rotatable bonds is 9. The minimum Gasteiger partial charge on any atom is -0.379 e. The number of sulfonamides is 1. The number of carbonyl (C=O) groups is 2. The number of amides is 2. The molecule has 0 bridgehead atoms. The molecule has 0 radical (unpaired) electrons. The Balaban J connectivity index is 1.75. The van der Waals surface area contributed by atoms with Gasteiger partial charge in [-0.2, -0.15) is 4.31 Å². The average Bonchev–Trinajstić information content (AvgIpc) is 2.84. The van der Waals surface area contributed by atoms with E-state index in [9.17, 15) is 18.0 Å². The van der Waals surface area contributed by atoms with E-state index < -0.39 is 22.0 Å². The summed E-state index contributed by atoms with van der Waals surface area (Å²) in [6.45, 7) is 4.34. The molecule has 184 valence electrons. The lowest BCUT2D eigenvalue weighted by atomic mass is 10.2. The maximum atomic E-state index is 13.4. The molecule has 1 aliphatic rings. The molecule has 2 aromatic rings. The second-order valence-corrected chi connectivity index (χ2v) is 10.5. The highest BCUT2D eigenvalue weighted by molar-refractivity contribution is 9.10. The fraction of sp³-hybridized carbons (Fsp3) is 0.364. The number of hydrogen-bond donors (Lipinski definition) is 3. The van der Waals surface area contributed by atoms with Crippen molar-refractivity contribution >= 4 is 43.5 Å². The van der Waals surface area contributed by atoms with Crippen molar-refractivity contribution in [1.29, 1.82) is 0 Å². The van der Waals surface area contributed by atoms with E-state index in [4.69, 9.17) is 9.94 Å². The summed E-state index contributed by atoms with van der Waals surface area (Å²) in [7, 11) is -4.07. The van der Waals surface area contributed by atoms with Crippen molar-refractivity contribution in [3.05, 3.63) is 58.6 Å². The van der Waals surface area contributed by atoms with Gasteiger partial charge in [-0.05, 0) is 55.5 Å². The number of nitrogens with one attached hydrogen (secondary N) is 2. The smallest absolute Gasteiger partial charge is 0.261 e. The highest BCUT2D eigenvalue weighted by Gasteiger charge is 2.33. The molecule has 0 aromatic heterocycles. The molecule has 1 heterocycles. The van der Waals surface area contributed by atoms with Crippen molar-refractivity contribution < 1.29 is 28.0 Å². The van der Waals surface area contributed by atoms with Crippen LogP contribution in [0.25, 0.3) is 0 Å². The SMILES string of the molecule is CC(C(=O)NO)N(CCN1CCOCC1)S(=O)(=O)c1ccc(NC(=O)c2ccc(Br)cc2)cc1. The van der Waals surface area contributed by atoms with E-state index in [0.717, 1.165) is 8.78 Å². The summed E-state index contributed by atoms with van der Waals surface area (Å²) in [4.78, 5) is 26.5. The molecular formula is C22H27BrN4O6S. The van der Waals surface area contributed by atoms with Gasteiger partial charge < -0.3 is 10.1 Å². The zero-order chi connectivity index (χ0) is 24.7. The lowest BCUT2D eigenvalue weighted by Crippen LogP contribution is -2.50. The van der Waals surface area contributed by atoms with Crippen molar-refractivity contribution in [1.82, 2.24) is 14.7 Å². The van der Waals surface area contributed by atoms with Gasteiger partial charge in [0.25, 0.3) is 11.8 Å². The van der Waals surface area contributed by atoms with Crippen LogP contribution in [0.1, 0.15) is 17.3 Å². The van der Waals surface area contributed by atoms with Gasteiger partial charge in [0.2, 0.25) is 10.0 Å². The van der Waals surface area contributed by atoms with Gasteiger partial charge in [-0.15, -0.1) is 0 Å². The Morgan fingerprint density at radius 1 is 1.12 bits per heavy atom. The molecule has 34 heavy (non-hydrogen) atoms. The van der Waals surface area contributed by atoms with Crippen LogP contribution in [0.15, 0.2) is 57.9 Å². The highest BCUT2D eigenvalue weighted by atomic mass is 79.9. The first-order valence-electron chi connectivity index (χ1n) is 10.7. The Labute approximate surface area is 207 Å². The second kappa shape index (κ2) is 11.9. The first-order chi connectivity index (χ1) is 16.2. The van der Waals surface area contributed by atoms with E-state index in [0.29, 0.717) is 44.1 Å². The molecule has 3 N–H and O–H groups in total. The summed E-state index contributed by atoms with van der Waals surface area (Å²) < 4.78 is 34.0. The predicted molar refractivity (Wildman–Crippen MR) is 129 cm³/mol. The van der Waals surface area contributed by atoms with E-state index in [1.807, 2.05) is 0 Å². The Bertz CT molecular complexity index is 1090. The van der Waals surface area contributed by atoms with Crippen LogP contribution in [0.2, 0.25) is 0 Å². The van der Waals surface area contributed by atoms with Gasteiger partial charge in [-0.25, -0.2) is 13.9 Å². The Morgan fingerprint density at radius 2 is 1.74 bits per heavy atom. The van der Waals surface area contributed by atoms with Crippen LogP contribution in [-0.2, 0) is 19.6 Å². The largest absolute Gasteiger partial charge is 0.379 e. The highest BCUT2D eigenvalue weighted by Crippen LogP contribution is 2.21. The zero-order valence-electron chi connectivity index (χ0n) is 18.6. The molecule has 2 aromatic carbocycles. The predicted octanol–water partition coefficient (Wildman–Crippen LogP) is 1.92. The quantitative estimate of drug-likeness (QED) is 0.319. The van der Waals surface area contributed by atoms with Crippen molar-refractivity contribution in [2.75, 3.05) is 44.7 Å². The van der Waals surface area contributed by atoms with E-state index in [2.05, 4.69) is 26.1 Å².